The highest BCUT2D eigenvalue weighted by molar-refractivity contribution is 7.47. The maximum Gasteiger partial charge on any atom is 0.472 e. The van der Waals surface area contributed by atoms with Gasteiger partial charge >= 0.3 is 7.82 Å². The van der Waals surface area contributed by atoms with Crippen molar-refractivity contribution in [1.82, 2.24) is 0 Å². The van der Waals surface area contributed by atoms with Crippen LogP contribution < -0.4 is 0 Å². The monoisotopic (exact) mass is 755 g/mol. The molecular formula is C44H85NO6P+. The number of quaternary nitrogens is 1. The van der Waals surface area contributed by atoms with E-state index in [9.17, 15) is 9.46 Å². The van der Waals surface area contributed by atoms with Crippen LogP contribution in [0.5, 0.6) is 0 Å². The van der Waals surface area contributed by atoms with Gasteiger partial charge < -0.3 is 18.9 Å². The summed E-state index contributed by atoms with van der Waals surface area (Å²) in [6.07, 6.45) is 49.1. The van der Waals surface area contributed by atoms with Crippen molar-refractivity contribution in [2.24, 2.45) is 0 Å². The minimum atomic E-state index is -4.18. The first-order chi connectivity index (χ1) is 25.2. The number of nitrogens with zero attached hydrogens (tertiary/aromatic N) is 1. The van der Waals surface area contributed by atoms with Gasteiger partial charge in [-0.3, -0.25) is 9.05 Å². The van der Waals surface area contributed by atoms with Gasteiger partial charge in [0.2, 0.25) is 0 Å². The molecule has 8 heteroatoms. The lowest BCUT2D eigenvalue weighted by Crippen LogP contribution is -2.37. The van der Waals surface area contributed by atoms with Crippen LogP contribution >= 0.6 is 7.82 Å². The lowest BCUT2D eigenvalue weighted by molar-refractivity contribution is -0.870. The van der Waals surface area contributed by atoms with Gasteiger partial charge in [0.25, 0.3) is 0 Å². The summed E-state index contributed by atoms with van der Waals surface area (Å²) in [6.45, 7) is 5.38. The van der Waals surface area contributed by atoms with Gasteiger partial charge in [-0.25, -0.2) is 4.57 Å². The standard InChI is InChI=1S/C44H84NO6P/c1-6-8-10-12-14-16-18-20-22-24-26-28-30-32-34-36-39-48-42-44(43-51-52(46,47)50-41-38-45(3,4)5)49-40-37-35-33-31-29-27-25-23-21-19-17-15-13-11-9-7-2/h20-23,36-37,39-40,44H,6-19,24-35,38,41-43H2,1-5H3/p+1/b22-20-,23-21-,39-36-,40-37-/t44-/m1/s1. The van der Waals surface area contributed by atoms with Gasteiger partial charge in [0, 0.05) is 0 Å². The van der Waals surface area contributed by atoms with E-state index < -0.39 is 13.9 Å². The zero-order valence-corrected chi connectivity index (χ0v) is 35.7. The number of rotatable bonds is 40. The van der Waals surface area contributed by atoms with Crippen molar-refractivity contribution in [2.75, 3.05) is 47.5 Å². The summed E-state index contributed by atoms with van der Waals surface area (Å²) in [5.74, 6) is 0. The molecule has 0 aromatic heterocycles. The molecule has 0 spiro atoms. The predicted octanol–water partition coefficient (Wildman–Crippen LogP) is 13.6. The Morgan fingerprint density at radius 1 is 0.519 bits per heavy atom. The van der Waals surface area contributed by atoms with Crippen LogP contribution in [0.15, 0.2) is 49.0 Å². The fourth-order valence-corrected chi connectivity index (χ4v) is 6.36. The van der Waals surface area contributed by atoms with E-state index in [2.05, 4.69) is 38.2 Å². The zero-order chi connectivity index (χ0) is 38.3. The first kappa shape index (κ1) is 50.6. The van der Waals surface area contributed by atoms with Gasteiger partial charge in [-0.2, -0.15) is 0 Å². The van der Waals surface area contributed by atoms with Crippen LogP contribution in [0, 0.1) is 0 Å². The number of ether oxygens (including phenoxy) is 2. The van der Waals surface area contributed by atoms with Gasteiger partial charge in [0.15, 0.2) is 6.10 Å². The van der Waals surface area contributed by atoms with E-state index in [4.69, 9.17) is 18.5 Å². The molecule has 0 aliphatic rings. The molecule has 0 aliphatic carbocycles. The number of phosphoric ester groups is 1. The Labute approximate surface area is 322 Å². The average Bonchev–Trinajstić information content (AvgIpc) is 3.10. The summed E-state index contributed by atoms with van der Waals surface area (Å²) < 4.78 is 35.2. The molecule has 0 aromatic carbocycles. The Morgan fingerprint density at radius 2 is 0.904 bits per heavy atom. The van der Waals surface area contributed by atoms with E-state index in [1.54, 1.807) is 12.5 Å². The molecule has 2 atom stereocenters. The van der Waals surface area contributed by atoms with E-state index >= 15 is 0 Å². The summed E-state index contributed by atoms with van der Waals surface area (Å²) in [5, 5.41) is 0. The predicted molar refractivity (Wildman–Crippen MR) is 223 cm³/mol. The largest absolute Gasteiger partial charge is 0.498 e. The summed E-state index contributed by atoms with van der Waals surface area (Å²) in [7, 11) is 1.82. The fraction of sp³-hybridized carbons (Fsp3) is 0.818. The van der Waals surface area contributed by atoms with E-state index in [-0.39, 0.29) is 19.8 Å². The molecule has 52 heavy (non-hydrogen) atoms. The molecule has 0 rings (SSSR count). The highest BCUT2D eigenvalue weighted by atomic mass is 31.2. The normalized spacial score (nSPS) is 14.3. The van der Waals surface area contributed by atoms with Gasteiger partial charge in [-0.05, 0) is 89.2 Å². The topological polar surface area (TPSA) is 74.2 Å². The molecule has 1 unspecified atom stereocenters. The van der Waals surface area contributed by atoms with Crippen molar-refractivity contribution in [3.8, 4) is 0 Å². The fourth-order valence-electron chi connectivity index (χ4n) is 5.62. The third kappa shape index (κ3) is 41.4. The summed E-state index contributed by atoms with van der Waals surface area (Å²) in [4.78, 5) is 10.2. The Morgan fingerprint density at radius 3 is 1.33 bits per heavy atom. The second-order valence-corrected chi connectivity index (χ2v) is 16.9. The highest BCUT2D eigenvalue weighted by Gasteiger charge is 2.25. The number of hydrogen-bond donors (Lipinski definition) is 1. The maximum absolute atomic E-state index is 12.4. The summed E-state index contributed by atoms with van der Waals surface area (Å²) >= 11 is 0. The molecule has 7 nitrogen and oxygen atoms in total. The van der Waals surface area contributed by atoms with Crippen molar-refractivity contribution in [1.29, 1.82) is 0 Å². The SMILES string of the molecule is CCCCCCCC/C=C\CCCCCC/C=C\OC[C@H](COP(=O)(O)OCC[N+](C)(C)C)O/C=C\CCCCCC/C=C\CCCCCCCC. The highest BCUT2D eigenvalue weighted by Crippen LogP contribution is 2.43. The quantitative estimate of drug-likeness (QED) is 0.0221. The molecule has 0 amide bonds. The molecule has 1 N–H and O–H groups in total. The minimum Gasteiger partial charge on any atom is -0.498 e. The molecule has 0 bridgehead atoms. The van der Waals surface area contributed by atoms with Crippen LogP contribution in [0.25, 0.3) is 0 Å². The third-order valence-electron chi connectivity index (χ3n) is 9.05. The van der Waals surface area contributed by atoms with E-state index in [1.807, 2.05) is 33.3 Å². The maximum atomic E-state index is 12.4. The van der Waals surface area contributed by atoms with Gasteiger partial charge in [-0.15, -0.1) is 0 Å². The van der Waals surface area contributed by atoms with Crippen molar-refractivity contribution in [3.05, 3.63) is 49.0 Å². The number of phosphoric acid groups is 1. The Balaban J connectivity index is 4.27. The molecule has 0 radical (unpaired) electrons. The first-order valence-electron chi connectivity index (χ1n) is 21.5. The molecule has 0 saturated heterocycles. The van der Waals surface area contributed by atoms with Crippen molar-refractivity contribution in [3.63, 3.8) is 0 Å². The summed E-state index contributed by atoms with van der Waals surface area (Å²) in [6, 6.07) is 0. The molecular weight excluding hydrogens is 669 g/mol. The second kappa shape index (κ2) is 37.9. The van der Waals surface area contributed by atoms with Gasteiger partial charge in [0.05, 0.1) is 40.3 Å². The number of hydrogen-bond acceptors (Lipinski definition) is 5. The zero-order valence-electron chi connectivity index (χ0n) is 34.8. The third-order valence-corrected chi connectivity index (χ3v) is 10.0. The van der Waals surface area contributed by atoms with E-state index in [0.717, 1.165) is 25.7 Å². The van der Waals surface area contributed by atoms with Crippen molar-refractivity contribution >= 4 is 7.82 Å². The molecule has 0 heterocycles. The number of unbranched alkanes of at least 4 members (excludes halogenated alkanes) is 22. The molecule has 0 saturated carbocycles. The van der Waals surface area contributed by atoms with Gasteiger partial charge in [-0.1, -0.05) is 128 Å². The van der Waals surface area contributed by atoms with E-state index in [1.165, 1.54) is 141 Å². The molecule has 306 valence electrons. The van der Waals surface area contributed by atoms with Crippen LogP contribution in [-0.2, 0) is 23.1 Å². The molecule has 0 fully saturated rings. The first-order valence-corrected chi connectivity index (χ1v) is 23.0. The van der Waals surface area contributed by atoms with Crippen molar-refractivity contribution in [2.45, 2.75) is 187 Å². The smallest absolute Gasteiger partial charge is 0.472 e. The number of likely N-dealkylation sites (N-methyl/N-ethyl adjacent to an activating group) is 1. The number of allylic oxidation sites excluding steroid dienone is 6. The van der Waals surface area contributed by atoms with Crippen LogP contribution in [0.1, 0.15) is 181 Å². The molecule has 0 aliphatic heterocycles. The minimum absolute atomic E-state index is 0.101. The molecule has 0 aromatic rings. The Kier molecular flexibility index (Phi) is 36.9. The van der Waals surface area contributed by atoms with E-state index in [0.29, 0.717) is 11.0 Å². The van der Waals surface area contributed by atoms with Crippen LogP contribution in [0.4, 0.5) is 0 Å². The van der Waals surface area contributed by atoms with Crippen LogP contribution in [-0.4, -0.2) is 63.0 Å². The average molecular weight is 755 g/mol. The second-order valence-electron chi connectivity index (χ2n) is 15.5. The Bertz CT molecular complexity index is 913. The lowest BCUT2D eigenvalue weighted by Gasteiger charge is -2.24. The van der Waals surface area contributed by atoms with Crippen LogP contribution in [0.3, 0.4) is 0 Å². The summed E-state index contributed by atoms with van der Waals surface area (Å²) in [5.41, 5.74) is 0. The van der Waals surface area contributed by atoms with Gasteiger partial charge in [0.1, 0.15) is 19.8 Å². The van der Waals surface area contributed by atoms with Crippen molar-refractivity contribution < 1.29 is 32.5 Å². The van der Waals surface area contributed by atoms with Crippen LogP contribution in [0.2, 0.25) is 0 Å². The Hall–Kier alpha value is -1.37. The lowest BCUT2D eigenvalue weighted by atomic mass is 10.1.